The van der Waals surface area contributed by atoms with Crippen LogP contribution in [0.15, 0.2) is 48.5 Å². The van der Waals surface area contributed by atoms with Crippen molar-refractivity contribution in [2.24, 2.45) is 0 Å². The Hall–Kier alpha value is -2.07. The minimum absolute atomic E-state index is 0.190. The van der Waals surface area contributed by atoms with E-state index in [1.807, 2.05) is 6.07 Å². The van der Waals surface area contributed by atoms with Gasteiger partial charge in [-0.2, -0.15) is 0 Å². The molecule has 0 aliphatic carbocycles. The van der Waals surface area contributed by atoms with Gasteiger partial charge in [0.15, 0.2) is 0 Å². The van der Waals surface area contributed by atoms with Crippen molar-refractivity contribution in [3.8, 4) is 0 Å². The molecule has 0 spiro atoms. The fourth-order valence-corrected chi connectivity index (χ4v) is 2.24. The number of para-hydroxylation sites is 1. The van der Waals surface area contributed by atoms with Crippen LogP contribution in [0.1, 0.15) is 12.0 Å². The largest absolute Gasteiger partial charge is 0.395 e. The quantitative estimate of drug-likeness (QED) is 0.606. The zero-order valence-corrected chi connectivity index (χ0v) is 12.3. The molecule has 0 aliphatic heterocycles. The Labute approximate surface area is 125 Å². The summed E-state index contributed by atoms with van der Waals surface area (Å²) in [5, 5.41) is 3.18. The van der Waals surface area contributed by atoms with Gasteiger partial charge >= 0.3 is 0 Å². The summed E-state index contributed by atoms with van der Waals surface area (Å²) in [5.74, 6) is -0.374. The first-order valence-corrected chi connectivity index (χ1v) is 7.17. The number of nitrogens with two attached hydrogens (primary N) is 1. The second kappa shape index (κ2) is 7.64. The van der Waals surface area contributed by atoms with Crippen LogP contribution in [0.2, 0.25) is 0 Å². The maximum absolute atomic E-state index is 13.3. The molecule has 0 aliphatic rings. The molecule has 0 saturated heterocycles. The lowest BCUT2D eigenvalue weighted by molar-refractivity contribution is 0.325. The Bertz CT molecular complexity index is 557. The SMILES string of the molecule is CN(CCCNc1cccc(F)c1N)Cc1ccccc1. The van der Waals surface area contributed by atoms with E-state index >= 15 is 0 Å². The minimum atomic E-state index is -0.374. The maximum Gasteiger partial charge on any atom is 0.148 e. The molecule has 0 atom stereocenters. The van der Waals surface area contributed by atoms with Crippen molar-refractivity contribution in [3.05, 3.63) is 59.9 Å². The van der Waals surface area contributed by atoms with Gasteiger partial charge in [-0.25, -0.2) is 4.39 Å². The van der Waals surface area contributed by atoms with Crippen LogP contribution in [0.25, 0.3) is 0 Å². The molecule has 0 heterocycles. The van der Waals surface area contributed by atoms with Crippen LogP contribution in [0, 0.1) is 5.82 Å². The van der Waals surface area contributed by atoms with Crippen LogP contribution in [0.4, 0.5) is 15.8 Å². The Morgan fingerprint density at radius 2 is 1.86 bits per heavy atom. The highest BCUT2D eigenvalue weighted by molar-refractivity contribution is 5.66. The molecule has 4 heteroatoms. The minimum Gasteiger partial charge on any atom is -0.395 e. The second-order valence-corrected chi connectivity index (χ2v) is 5.20. The van der Waals surface area contributed by atoms with E-state index in [1.54, 1.807) is 12.1 Å². The van der Waals surface area contributed by atoms with Gasteiger partial charge in [0, 0.05) is 13.1 Å². The van der Waals surface area contributed by atoms with E-state index in [0.717, 1.165) is 26.1 Å². The van der Waals surface area contributed by atoms with Gasteiger partial charge in [-0.15, -0.1) is 0 Å². The molecule has 0 bridgehead atoms. The Kier molecular flexibility index (Phi) is 5.58. The number of nitrogens with one attached hydrogen (secondary N) is 1. The first kappa shape index (κ1) is 15.3. The monoisotopic (exact) mass is 287 g/mol. The molecule has 3 nitrogen and oxygen atoms in total. The lowest BCUT2D eigenvalue weighted by Gasteiger charge is -2.17. The average Bonchev–Trinajstić information content (AvgIpc) is 2.49. The first-order valence-electron chi connectivity index (χ1n) is 7.17. The van der Waals surface area contributed by atoms with Crippen molar-refractivity contribution in [2.45, 2.75) is 13.0 Å². The molecule has 0 amide bonds. The van der Waals surface area contributed by atoms with E-state index in [9.17, 15) is 4.39 Å². The van der Waals surface area contributed by atoms with E-state index in [-0.39, 0.29) is 11.5 Å². The number of anilines is 2. The maximum atomic E-state index is 13.3. The summed E-state index contributed by atoms with van der Waals surface area (Å²) in [4.78, 5) is 2.27. The number of hydrogen-bond donors (Lipinski definition) is 2. The molecular formula is C17H22FN3. The fourth-order valence-electron chi connectivity index (χ4n) is 2.24. The topological polar surface area (TPSA) is 41.3 Å². The predicted molar refractivity (Wildman–Crippen MR) is 86.7 cm³/mol. The van der Waals surface area contributed by atoms with E-state index in [4.69, 9.17) is 5.73 Å². The molecule has 2 rings (SSSR count). The molecular weight excluding hydrogens is 265 g/mol. The third-order valence-electron chi connectivity index (χ3n) is 3.38. The van der Waals surface area contributed by atoms with Gasteiger partial charge in [0.1, 0.15) is 5.82 Å². The lowest BCUT2D eigenvalue weighted by atomic mass is 10.2. The molecule has 0 unspecified atom stereocenters. The summed E-state index contributed by atoms with van der Waals surface area (Å²) in [6, 6.07) is 15.2. The van der Waals surface area contributed by atoms with Crippen molar-refractivity contribution in [2.75, 3.05) is 31.2 Å². The fraction of sp³-hybridized carbons (Fsp3) is 0.294. The van der Waals surface area contributed by atoms with Gasteiger partial charge in [-0.05, 0) is 37.7 Å². The normalized spacial score (nSPS) is 10.8. The van der Waals surface area contributed by atoms with E-state index in [2.05, 4.69) is 41.5 Å². The van der Waals surface area contributed by atoms with Crippen LogP contribution in [-0.2, 0) is 6.54 Å². The van der Waals surface area contributed by atoms with Crippen LogP contribution < -0.4 is 11.1 Å². The predicted octanol–water partition coefficient (Wildman–Crippen LogP) is 3.34. The van der Waals surface area contributed by atoms with E-state index < -0.39 is 0 Å². The standard InChI is InChI=1S/C17H22FN3/c1-21(13-14-7-3-2-4-8-14)12-6-11-20-16-10-5-9-15(18)17(16)19/h2-5,7-10,20H,6,11-13,19H2,1H3. The number of hydrogen-bond acceptors (Lipinski definition) is 3. The summed E-state index contributed by atoms with van der Waals surface area (Å²) in [6.45, 7) is 2.67. The van der Waals surface area contributed by atoms with E-state index in [0.29, 0.717) is 5.69 Å². The summed E-state index contributed by atoms with van der Waals surface area (Å²) < 4.78 is 13.3. The van der Waals surface area contributed by atoms with Gasteiger partial charge in [0.25, 0.3) is 0 Å². The van der Waals surface area contributed by atoms with Crippen molar-refractivity contribution in [1.29, 1.82) is 0 Å². The number of rotatable bonds is 7. The average molecular weight is 287 g/mol. The highest BCUT2D eigenvalue weighted by Gasteiger charge is 2.04. The zero-order valence-electron chi connectivity index (χ0n) is 12.3. The van der Waals surface area contributed by atoms with Crippen LogP contribution in [0.5, 0.6) is 0 Å². The van der Waals surface area contributed by atoms with Crippen molar-refractivity contribution >= 4 is 11.4 Å². The summed E-state index contributed by atoms with van der Waals surface area (Å²) in [7, 11) is 2.10. The molecule has 0 aromatic heterocycles. The Morgan fingerprint density at radius 1 is 1.10 bits per heavy atom. The molecule has 3 N–H and O–H groups in total. The third kappa shape index (κ3) is 4.76. The van der Waals surface area contributed by atoms with E-state index in [1.165, 1.54) is 11.6 Å². The van der Waals surface area contributed by atoms with Crippen molar-refractivity contribution in [1.82, 2.24) is 4.90 Å². The number of halogens is 1. The first-order chi connectivity index (χ1) is 10.2. The van der Waals surface area contributed by atoms with Crippen LogP contribution in [-0.4, -0.2) is 25.0 Å². The summed E-state index contributed by atoms with van der Waals surface area (Å²) >= 11 is 0. The summed E-state index contributed by atoms with van der Waals surface area (Å²) in [6.07, 6.45) is 0.972. The molecule has 0 saturated carbocycles. The van der Waals surface area contributed by atoms with Crippen molar-refractivity contribution in [3.63, 3.8) is 0 Å². The Balaban J connectivity index is 1.71. The van der Waals surface area contributed by atoms with Crippen molar-refractivity contribution < 1.29 is 4.39 Å². The smallest absolute Gasteiger partial charge is 0.148 e. The van der Waals surface area contributed by atoms with Gasteiger partial charge < -0.3 is 16.0 Å². The molecule has 0 radical (unpaired) electrons. The van der Waals surface area contributed by atoms with Crippen LogP contribution >= 0.6 is 0 Å². The molecule has 2 aromatic rings. The zero-order chi connectivity index (χ0) is 15.1. The number of nitrogens with zero attached hydrogens (tertiary/aromatic N) is 1. The molecule has 2 aromatic carbocycles. The highest BCUT2D eigenvalue weighted by Crippen LogP contribution is 2.20. The summed E-state index contributed by atoms with van der Waals surface area (Å²) in [5.41, 5.74) is 7.84. The molecule has 112 valence electrons. The molecule has 0 fully saturated rings. The lowest BCUT2D eigenvalue weighted by Crippen LogP contribution is -2.21. The second-order valence-electron chi connectivity index (χ2n) is 5.20. The molecule has 21 heavy (non-hydrogen) atoms. The van der Waals surface area contributed by atoms with Gasteiger partial charge in [-0.1, -0.05) is 36.4 Å². The van der Waals surface area contributed by atoms with Crippen LogP contribution in [0.3, 0.4) is 0 Å². The van der Waals surface area contributed by atoms with Gasteiger partial charge in [0.05, 0.1) is 11.4 Å². The Morgan fingerprint density at radius 3 is 2.62 bits per heavy atom. The number of nitrogen functional groups attached to an aromatic ring is 1. The van der Waals surface area contributed by atoms with Gasteiger partial charge in [-0.3, -0.25) is 0 Å². The highest BCUT2D eigenvalue weighted by atomic mass is 19.1. The van der Waals surface area contributed by atoms with Gasteiger partial charge in [0.2, 0.25) is 0 Å². The number of benzene rings is 2. The third-order valence-corrected chi connectivity index (χ3v) is 3.38.